The van der Waals surface area contributed by atoms with Crippen molar-refractivity contribution in [2.75, 3.05) is 13.2 Å². The van der Waals surface area contributed by atoms with Gasteiger partial charge in [0.15, 0.2) is 11.6 Å². The molecule has 9 nitrogen and oxygen atoms in total. The van der Waals surface area contributed by atoms with Gasteiger partial charge in [0.1, 0.15) is 5.75 Å². The summed E-state index contributed by atoms with van der Waals surface area (Å²) in [5.74, 6) is 0.740. The van der Waals surface area contributed by atoms with E-state index in [0.29, 0.717) is 30.2 Å². The van der Waals surface area contributed by atoms with Gasteiger partial charge in [-0.1, -0.05) is 63.5 Å². The van der Waals surface area contributed by atoms with E-state index in [-0.39, 0.29) is 31.5 Å². The third-order valence-electron chi connectivity index (χ3n) is 6.52. The molecule has 0 saturated heterocycles. The highest BCUT2D eigenvalue weighted by atomic mass is 79.9. The molecule has 0 spiro atoms. The number of nitrogens with one attached hydrogen (secondary N) is 1. The zero-order valence-corrected chi connectivity index (χ0v) is 24.0. The Kier molecular flexibility index (Phi) is 9.82. The maximum atomic E-state index is 14.1. The summed E-state index contributed by atoms with van der Waals surface area (Å²) in [5.41, 5.74) is 10.7. The Morgan fingerprint density at radius 1 is 1.15 bits per heavy atom. The number of hydrogen-bond acceptors (Lipinski definition) is 6. The summed E-state index contributed by atoms with van der Waals surface area (Å²) in [6.45, 7) is 4.44. The maximum absolute atomic E-state index is 14.1. The molecule has 2 N–H and O–H groups in total. The summed E-state index contributed by atoms with van der Waals surface area (Å²) in [7, 11) is 0. The fourth-order valence-corrected chi connectivity index (χ4v) is 5.11. The molecule has 3 aromatic rings. The van der Waals surface area contributed by atoms with Crippen LogP contribution in [-0.4, -0.2) is 41.7 Å². The third-order valence-corrected chi connectivity index (χ3v) is 7.24. The highest BCUT2D eigenvalue weighted by molar-refractivity contribution is 9.10. The molecular weight excluding hydrogens is 574 g/mol. The zero-order valence-electron chi connectivity index (χ0n) is 22.5. The molecule has 1 heterocycles. The van der Waals surface area contributed by atoms with Gasteiger partial charge in [-0.15, -0.1) is 0 Å². The molecule has 40 heavy (non-hydrogen) atoms. The summed E-state index contributed by atoms with van der Waals surface area (Å²) < 4.78 is 13.0. The minimum atomic E-state index is -1.35. The molecule has 0 aliphatic carbocycles. The smallest absolute Gasteiger partial charge is 0.252 e. The van der Waals surface area contributed by atoms with Gasteiger partial charge in [-0.05, 0) is 60.8 Å². The molecule has 208 valence electrons. The van der Waals surface area contributed by atoms with Crippen LogP contribution < -0.4 is 10.1 Å². The molecular formula is C30H32BrN5O4. The van der Waals surface area contributed by atoms with Crippen LogP contribution in [0.1, 0.15) is 48.6 Å². The second kappa shape index (κ2) is 13.5. The normalized spacial score (nSPS) is 18.0. The fourth-order valence-electron chi connectivity index (χ4n) is 4.62. The number of rotatable bonds is 12. The first-order valence-corrected chi connectivity index (χ1v) is 13.9. The number of aliphatic imine (C=N–C) groups is 1. The highest BCUT2D eigenvalue weighted by Crippen LogP contribution is 2.45. The van der Waals surface area contributed by atoms with E-state index in [0.717, 1.165) is 21.2 Å². The van der Waals surface area contributed by atoms with Crippen LogP contribution in [0.15, 0.2) is 87.4 Å². The summed E-state index contributed by atoms with van der Waals surface area (Å²) in [5, 5.41) is 15.9. The quantitative estimate of drug-likeness (QED) is 0.113. The van der Waals surface area contributed by atoms with Crippen molar-refractivity contribution in [2.45, 2.75) is 50.9 Å². The SMILES string of the molecule is CC(C)NC(=O)[C@]1(Cc2ccccc2CN=[N+]=[N-])N=C(c2ccc(OCCCO)cc2)O[C@@H]1c1ccccc1Br. The summed E-state index contributed by atoms with van der Waals surface area (Å²) in [6, 6.07) is 22.4. The average Bonchev–Trinajstić information content (AvgIpc) is 3.33. The number of benzene rings is 3. The Balaban J connectivity index is 1.83. The van der Waals surface area contributed by atoms with E-state index in [1.54, 1.807) is 0 Å². The molecule has 0 unspecified atom stereocenters. The first-order valence-electron chi connectivity index (χ1n) is 13.1. The lowest BCUT2D eigenvalue weighted by Gasteiger charge is -2.32. The second-order valence-corrected chi connectivity index (χ2v) is 10.6. The van der Waals surface area contributed by atoms with Crippen molar-refractivity contribution in [1.82, 2.24) is 5.32 Å². The Hall–Kier alpha value is -3.85. The van der Waals surface area contributed by atoms with Gasteiger partial charge in [-0.25, -0.2) is 4.99 Å². The molecule has 0 radical (unpaired) electrons. The number of azide groups is 1. The minimum absolute atomic E-state index is 0.0612. The van der Waals surface area contributed by atoms with Crippen LogP contribution in [0.5, 0.6) is 5.75 Å². The third kappa shape index (κ3) is 6.65. The Morgan fingerprint density at radius 3 is 2.52 bits per heavy atom. The average molecular weight is 607 g/mol. The van der Waals surface area contributed by atoms with Crippen molar-refractivity contribution in [3.8, 4) is 5.75 Å². The monoisotopic (exact) mass is 605 g/mol. The van der Waals surface area contributed by atoms with Gasteiger partial charge in [0.25, 0.3) is 5.91 Å². The number of aliphatic hydroxyl groups is 1. The van der Waals surface area contributed by atoms with Crippen LogP contribution in [0.3, 0.4) is 0 Å². The molecule has 0 fully saturated rings. The molecule has 0 aromatic heterocycles. The second-order valence-electron chi connectivity index (χ2n) is 9.77. The van der Waals surface area contributed by atoms with Crippen molar-refractivity contribution < 1.29 is 19.4 Å². The van der Waals surface area contributed by atoms with Crippen LogP contribution in [0.4, 0.5) is 0 Å². The summed E-state index contributed by atoms with van der Waals surface area (Å²) in [6.07, 6.45) is 0.0187. The van der Waals surface area contributed by atoms with E-state index < -0.39 is 11.6 Å². The lowest BCUT2D eigenvalue weighted by Crippen LogP contribution is -2.51. The topological polar surface area (TPSA) is 129 Å². The lowest BCUT2D eigenvalue weighted by molar-refractivity contribution is -0.129. The van der Waals surface area contributed by atoms with E-state index in [2.05, 4.69) is 31.3 Å². The van der Waals surface area contributed by atoms with E-state index in [9.17, 15) is 4.79 Å². The maximum Gasteiger partial charge on any atom is 0.252 e. The van der Waals surface area contributed by atoms with Crippen LogP contribution in [-0.2, 0) is 22.5 Å². The Bertz CT molecular complexity index is 1410. The van der Waals surface area contributed by atoms with Gasteiger partial charge in [0, 0.05) is 46.0 Å². The Labute approximate surface area is 242 Å². The number of carbonyl (C=O) groups is 1. The van der Waals surface area contributed by atoms with Crippen molar-refractivity contribution in [3.63, 3.8) is 0 Å². The van der Waals surface area contributed by atoms with Crippen LogP contribution >= 0.6 is 15.9 Å². The molecule has 0 saturated carbocycles. The highest BCUT2D eigenvalue weighted by Gasteiger charge is 2.54. The lowest BCUT2D eigenvalue weighted by atomic mass is 9.80. The van der Waals surface area contributed by atoms with Gasteiger partial charge in [-0.2, -0.15) is 0 Å². The molecule has 4 rings (SSSR count). The number of aliphatic hydroxyl groups excluding tert-OH is 1. The van der Waals surface area contributed by atoms with Crippen molar-refractivity contribution in [2.24, 2.45) is 10.1 Å². The zero-order chi connectivity index (χ0) is 28.5. The predicted molar refractivity (Wildman–Crippen MR) is 157 cm³/mol. The summed E-state index contributed by atoms with van der Waals surface area (Å²) in [4.78, 5) is 22.1. The first kappa shape index (κ1) is 29.1. The van der Waals surface area contributed by atoms with Gasteiger partial charge in [-0.3, -0.25) is 4.79 Å². The minimum Gasteiger partial charge on any atom is -0.494 e. The number of hydrogen-bond donors (Lipinski definition) is 2. The molecule has 0 bridgehead atoms. The number of nitrogens with zero attached hydrogens (tertiary/aromatic N) is 4. The van der Waals surface area contributed by atoms with Crippen LogP contribution in [0, 0.1) is 0 Å². The van der Waals surface area contributed by atoms with Crippen molar-refractivity contribution >= 4 is 27.7 Å². The largest absolute Gasteiger partial charge is 0.494 e. The Morgan fingerprint density at radius 2 is 1.85 bits per heavy atom. The van der Waals surface area contributed by atoms with Crippen molar-refractivity contribution in [3.05, 3.63) is 110 Å². The van der Waals surface area contributed by atoms with Crippen LogP contribution in [0.2, 0.25) is 0 Å². The molecule has 3 aromatic carbocycles. The van der Waals surface area contributed by atoms with Gasteiger partial charge in [0.05, 0.1) is 13.2 Å². The van der Waals surface area contributed by atoms with E-state index in [1.165, 1.54) is 0 Å². The van der Waals surface area contributed by atoms with Crippen molar-refractivity contribution in [1.29, 1.82) is 0 Å². The van der Waals surface area contributed by atoms with E-state index in [4.69, 9.17) is 25.1 Å². The van der Waals surface area contributed by atoms with E-state index >= 15 is 0 Å². The van der Waals surface area contributed by atoms with E-state index in [1.807, 2.05) is 86.6 Å². The molecule has 1 aliphatic heterocycles. The van der Waals surface area contributed by atoms with Gasteiger partial charge in [0.2, 0.25) is 5.90 Å². The first-order chi connectivity index (χ1) is 19.4. The standard InChI is InChI=1S/C30H32BrN5O4/c1-20(2)34-29(38)30(18-22-8-3-4-9-23(22)19-33-36-32)27(25-10-5-6-11-26(25)31)40-28(35-30)21-12-14-24(15-13-21)39-17-7-16-37/h3-6,8-15,20,27,37H,7,16-19H2,1-2H3,(H,34,38)/t27-,30-/m1/s1. The fraction of sp³-hybridized carbons (Fsp3) is 0.333. The molecule has 1 aliphatic rings. The number of ether oxygens (including phenoxy) is 2. The number of amides is 1. The molecule has 1 amide bonds. The van der Waals surface area contributed by atoms with Crippen LogP contribution in [0.25, 0.3) is 10.4 Å². The molecule has 2 atom stereocenters. The number of carbonyl (C=O) groups excluding carboxylic acids is 1. The van der Waals surface area contributed by atoms with Gasteiger partial charge >= 0.3 is 0 Å². The predicted octanol–water partition coefficient (Wildman–Crippen LogP) is 6.04. The van der Waals surface area contributed by atoms with Gasteiger partial charge < -0.3 is 19.9 Å². The summed E-state index contributed by atoms with van der Waals surface area (Å²) >= 11 is 3.66. The number of halogens is 1. The molecule has 10 heteroatoms.